The molecule has 0 saturated carbocycles. The number of anilines is 1. The summed E-state index contributed by atoms with van der Waals surface area (Å²) in [6.07, 6.45) is 0. The van der Waals surface area contributed by atoms with E-state index in [1.807, 2.05) is 30.3 Å². The second kappa shape index (κ2) is 7.79. The van der Waals surface area contributed by atoms with Crippen LogP contribution in [0.5, 0.6) is 0 Å². The van der Waals surface area contributed by atoms with Gasteiger partial charge in [-0.2, -0.15) is 4.68 Å². The number of tetrazole rings is 1. The fourth-order valence-corrected chi connectivity index (χ4v) is 2.94. The molecule has 0 aliphatic heterocycles. The fourth-order valence-electron chi connectivity index (χ4n) is 2.25. The van der Waals surface area contributed by atoms with Gasteiger partial charge in [0.2, 0.25) is 11.1 Å². The normalized spacial score (nSPS) is 10.5. The minimum Gasteiger partial charge on any atom is -0.478 e. The number of carbonyl (C=O) groups excluding carboxylic acids is 1. The molecule has 0 saturated heterocycles. The van der Waals surface area contributed by atoms with Gasteiger partial charge in [-0.05, 0) is 53.2 Å². The summed E-state index contributed by atoms with van der Waals surface area (Å²) in [4.78, 5) is 23.2. The molecule has 1 heterocycles. The summed E-state index contributed by atoms with van der Waals surface area (Å²) in [7, 11) is 0. The van der Waals surface area contributed by atoms with Gasteiger partial charge in [-0.3, -0.25) is 4.79 Å². The molecule has 0 bridgehead atoms. The number of thioether (sulfide) groups is 1. The average Bonchev–Trinajstić information content (AvgIpc) is 3.11. The van der Waals surface area contributed by atoms with E-state index in [4.69, 9.17) is 5.11 Å². The third kappa shape index (κ3) is 4.06. The van der Waals surface area contributed by atoms with Gasteiger partial charge in [0.25, 0.3) is 0 Å². The Bertz CT molecular complexity index is 943. The Balaban J connectivity index is 1.64. The average molecular weight is 369 g/mol. The molecule has 132 valence electrons. The van der Waals surface area contributed by atoms with E-state index in [2.05, 4.69) is 20.8 Å². The van der Waals surface area contributed by atoms with Crippen LogP contribution in [0, 0.1) is 6.92 Å². The number of amides is 1. The molecule has 26 heavy (non-hydrogen) atoms. The maximum absolute atomic E-state index is 12.2. The highest BCUT2D eigenvalue weighted by atomic mass is 32.2. The van der Waals surface area contributed by atoms with Crippen LogP contribution in [-0.4, -0.2) is 42.9 Å². The van der Waals surface area contributed by atoms with E-state index in [1.54, 1.807) is 17.7 Å². The predicted octanol–water partition coefficient (Wildman–Crippen LogP) is 2.40. The van der Waals surface area contributed by atoms with Crippen LogP contribution in [0.2, 0.25) is 0 Å². The monoisotopic (exact) mass is 369 g/mol. The van der Waals surface area contributed by atoms with Gasteiger partial charge >= 0.3 is 5.97 Å². The van der Waals surface area contributed by atoms with Crippen LogP contribution in [0.1, 0.15) is 15.9 Å². The molecule has 8 nitrogen and oxygen atoms in total. The van der Waals surface area contributed by atoms with Crippen molar-refractivity contribution in [3.8, 4) is 5.69 Å². The predicted molar refractivity (Wildman–Crippen MR) is 96.6 cm³/mol. The van der Waals surface area contributed by atoms with Crippen molar-refractivity contribution in [3.63, 3.8) is 0 Å². The number of carboxylic acid groups (broad SMARTS) is 1. The number of aromatic carboxylic acids is 1. The second-order valence-electron chi connectivity index (χ2n) is 5.38. The number of nitrogens with one attached hydrogen (secondary N) is 1. The van der Waals surface area contributed by atoms with Crippen LogP contribution in [0.15, 0.2) is 53.7 Å². The van der Waals surface area contributed by atoms with Crippen molar-refractivity contribution in [2.75, 3.05) is 11.1 Å². The molecule has 1 amide bonds. The highest BCUT2D eigenvalue weighted by Crippen LogP contribution is 2.20. The maximum Gasteiger partial charge on any atom is 0.335 e. The van der Waals surface area contributed by atoms with Gasteiger partial charge in [0.1, 0.15) is 0 Å². The summed E-state index contributed by atoms with van der Waals surface area (Å²) >= 11 is 1.21. The standard InChI is InChI=1S/C17H15N5O3S/c1-11-9-12(16(24)25)7-8-14(11)18-15(23)10-26-17-19-20-21-22(17)13-5-3-2-4-6-13/h2-9H,10H2,1H3,(H,18,23)(H,24,25). The SMILES string of the molecule is Cc1cc(C(=O)O)ccc1NC(=O)CSc1nnnn1-c1ccccc1. The minimum absolute atomic E-state index is 0.118. The highest BCUT2D eigenvalue weighted by molar-refractivity contribution is 7.99. The summed E-state index contributed by atoms with van der Waals surface area (Å²) in [5.41, 5.74) is 2.23. The van der Waals surface area contributed by atoms with Crippen molar-refractivity contribution in [1.82, 2.24) is 20.2 Å². The second-order valence-corrected chi connectivity index (χ2v) is 6.32. The first-order valence-electron chi connectivity index (χ1n) is 7.65. The lowest BCUT2D eigenvalue weighted by Crippen LogP contribution is -2.15. The van der Waals surface area contributed by atoms with Crippen LogP contribution in [-0.2, 0) is 4.79 Å². The number of carboxylic acids is 1. The van der Waals surface area contributed by atoms with E-state index < -0.39 is 5.97 Å². The van der Waals surface area contributed by atoms with Crippen LogP contribution in [0.25, 0.3) is 5.69 Å². The summed E-state index contributed by atoms with van der Waals surface area (Å²) in [6, 6.07) is 13.9. The minimum atomic E-state index is -1.01. The molecule has 0 fully saturated rings. The first-order chi connectivity index (χ1) is 12.5. The quantitative estimate of drug-likeness (QED) is 0.642. The Kier molecular flexibility index (Phi) is 5.28. The molecule has 0 unspecified atom stereocenters. The van der Waals surface area contributed by atoms with E-state index in [-0.39, 0.29) is 17.2 Å². The summed E-state index contributed by atoms with van der Waals surface area (Å²) < 4.78 is 1.56. The molecule has 2 N–H and O–H groups in total. The van der Waals surface area contributed by atoms with Gasteiger partial charge in [-0.1, -0.05) is 30.0 Å². The number of hydrogen-bond acceptors (Lipinski definition) is 6. The van der Waals surface area contributed by atoms with Gasteiger partial charge < -0.3 is 10.4 Å². The van der Waals surface area contributed by atoms with Crippen LogP contribution < -0.4 is 5.32 Å². The zero-order chi connectivity index (χ0) is 18.5. The lowest BCUT2D eigenvalue weighted by molar-refractivity contribution is -0.113. The van der Waals surface area contributed by atoms with Crippen molar-refractivity contribution in [2.24, 2.45) is 0 Å². The maximum atomic E-state index is 12.2. The molecule has 1 aromatic heterocycles. The van der Waals surface area contributed by atoms with Crippen LogP contribution >= 0.6 is 11.8 Å². The van der Waals surface area contributed by atoms with Crippen LogP contribution in [0.3, 0.4) is 0 Å². The molecule has 0 aliphatic carbocycles. The lowest BCUT2D eigenvalue weighted by Gasteiger charge is -2.09. The number of rotatable bonds is 6. The smallest absolute Gasteiger partial charge is 0.335 e. The molecule has 2 aromatic carbocycles. The van der Waals surface area contributed by atoms with Gasteiger partial charge in [0.15, 0.2) is 0 Å². The lowest BCUT2D eigenvalue weighted by atomic mass is 10.1. The van der Waals surface area contributed by atoms with Gasteiger partial charge in [-0.25, -0.2) is 4.79 Å². The Hall–Kier alpha value is -3.20. The zero-order valence-electron chi connectivity index (χ0n) is 13.8. The topological polar surface area (TPSA) is 110 Å². The highest BCUT2D eigenvalue weighted by Gasteiger charge is 2.13. The summed E-state index contributed by atoms with van der Waals surface area (Å²) in [6.45, 7) is 1.74. The zero-order valence-corrected chi connectivity index (χ0v) is 14.6. The Labute approximate surface area is 153 Å². The third-order valence-electron chi connectivity index (χ3n) is 3.52. The molecular weight excluding hydrogens is 354 g/mol. The number of aromatic nitrogens is 4. The van der Waals surface area contributed by atoms with Gasteiger partial charge in [-0.15, -0.1) is 5.10 Å². The van der Waals surface area contributed by atoms with E-state index in [0.717, 1.165) is 5.69 Å². The number of aryl methyl sites for hydroxylation is 1. The fraction of sp³-hybridized carbons (Fsp3) is 0.118. The molecule has 0 atom stereocenters. The number of para-hydroxylation sites is 1. The number of carbonyl (C=O) groups is 2. The summed E-state index contributed by atoms with van der Waals surface area (Å²) in [5.74, 6) is -1.12. The van der Waals surface area contributed by atoms with Gasteiger partial charge in [0, 0.05) is 5.69 Å². The van der Waals surface area contributed by atoms with E-state index in [0.29, 0.717) is 16.4 Å². The van der Waals surface area contributed by atoms with Crippen molar-refractivity contribution < 1.29 is 14.7 Å². The first-order valence-corrected chi connectivity index (χ1v) is 8.63. The van der Waals surface area contributed by atoms with E-state index in [1.165, 1.54) is 23.9 Å². The molecule has 3 rings (SSSR count). The number of benzene rings is 2. The molecular formula is C17H15N5O3S. The number of nitrogens with zero attached hydrogens (tertiary/aromatic N) is 4. The van der Waals surface area contributed by atoms with Gasteiger partial charge in [0.05, 0.1) is 17.0 Å². The van der Waals surface area contributed by atoms with E-state index in [9.17, 15) is 9.59 Å². The number of hydrogen-bond donors (Lipinski definition) is 2. The van der Waals surface area contributed by atoms with Crippen molar-refractivity contribution in [1.29, 1.82) is 0 Å². The molecule has 9 heteroatoms. The molecule has 0 radical (unpaired) electrons. The Morgan fingerprint density at radius 1 is 1.19 bits per heavy atom. The van der Waals surface area contributed by atoms with E-state index >= 15 is 0 Å². The Morgan fingerprint density at radius 3 is 2.65 bits per heavy atom. The largest absolute Gasteiger partial charge is 0.478 e. The molecule has 0 spiro atoms. The van der Waals surface area contributed by atoms with Crippen LogP contribution in [0.4, 0.5) is 5.69 Å². The first kappa shape index (κ1) is 17.6. The molecule has 3 aromatic rings. The molecule has 0 aliphatic rings. The van der Waals surface area contributed by atoms with Crippen molar-refractivity contribution in [2.45, 2.75) is 12.1 Å². The summed E-state index contributed by atoms with van der Waals surface area (Å²) in [5, 5.41) is 23.8. The third-order valence-corrected chi connectivity index (χ3v) is 4.44. The van der Waals surface area contributed by atoms with Crippen molar-refractivity contribution in [3.05, 3.63) is 59.7 Å². The van der Waals surface area contributed by atoms with Crippen molar-refractivity contribution >= 4 is 29.3 Å². The Morgan fingerprint density at radius 2 is 1.96 bits per heavy atom.